The lowest BCUT2D eigenvalue weighted by Gasteiger charge is -1.85. The minimum Gasteiger partial charge on any atom is -0.352 e. The predicted molar refractivity (Wildman–Crippen MR) is 28.7 cm³/mol. The van der Waals surface area contributed by atoms with Crippen LogP contribution in [0.1, 0.15) is 10.6 Å². The molecule has 9 nitrogen and oxygen atoms in total. The van der Waals surface area contributed by atoms with Gasteiger partial charge in [0.05, 0.1) is 0 Å². The molecule has 1 heterocycles. The zero-order valence-electron chi connectivity index (χ0n) is 5.00. The van der Waals surface area contributed by atoms with Crippen molar-refractivity contribution in [3.8, 4) is 0 Å². The minimum atomic E-state index is -0.962. The van der Waals surface area contributed by atoms with Gasteiger partial charge in [0, 0.05) is 4.91 Å². The van der Waals surface area contributed by atoms with Crippen LogP contribution in [0.5, 0.6) is 0 Å². The monoisotopic (exact) mass is 155 g/mol. The molecule has 0 saturated heterocycles. The molecule has 0 saturated carbocycles. The van der Waals surface area contributed by atoms with Crippen molar-refractivity contribution < 1.29 is 9.63 Å². The first-order chi connectivity index (χ1) is 5.34. The van der Waals surface area contributed by atoms with Gasteiger partial charge in [-0.15, -0.1) is 10.2 Å². The van der Waals surface area contributed by atoms with Crippen LogP contribution in [-0.4, -0.2) is 26.6 Å². The third kappa shape index (κ3) is 1.63. The molecular formula is C2HN7O2. The molecule has 1 N–H and O–H groups in total. The van der Waals surface area contributed by atoms with E-state index in [9.17, 15) is 4.79 Å². The molecule has 0 amide bonds. The number of azide groups is 1. The highest BCUT2D eigenvalue weighted by Crippen LogP contribution is 1.89. The number of tetrazole rings is 1. The molecule has 0 aromatic carbocycles. The Morgan fingerprint density at radius 3 is 3.18 bits per heavy atom. The molecule has 0 aliphatic heterocycles. The lowest BCUT2D eigenvalue weighted by molar-refractivity contribution is 0.0492. The van der Waals surface area contributed by atoms with Crippen LogP contribution in [-0.2, 0) is 4.84 Å². The fraction of sp³-hybridized carbons (Fsp3) is 0. The fourth-order valence-electron chi connectivity index (χ4n) is 0.344. The highest BCUT2D eigenvalue weighted by atomic mass is 16.7. The number of carbonyl (C=O) groups is 1. The number of aromatic amines is 1. The van der Waals surface area contributed by atoms with E-state index >= 15 is 0 Å². The van der Waals surface area contributed by atoms with Gasteiger partial charge < -0.3 is 4.84 Å². The maximum Gasteiger partial charge on any atom is 0.391 e. The summed E-state index contributed by atoms with van der Waals surface area (Å²) in [5.41, 5.74) is 7.73. The average Bonchev–Trinajstić information content (AvgIpc) is 2.52. The van der Waals surface area contributed by atoms with Gasteiger partial charge in [0.2, 0.25) is 0 Å². The van der Waals surface area contributed by atoms with Gasteiger partial charge in [-0.1, -0.05) is 0 Å². The SMILES string of the molecule is [N-]=[N+]=NOC(=O)c1nn[nH]n1. The van der Waals surface area contributed by atoms with E-state index in [2.05, 4.69) is 30.4 Å². The van der Waals surface area contributed by atoms with Gasteiger partial charge in [0.1, 0.15) is 5.28 Å². The van der Waals surface area contributed by atoms with Crippen LogP contribution in [0, 0.1) is 0 Å². The Bertz CT molecular complexity index is 283. The van der Waals surface area contributed by atoms with Crippen molar-refractivity contribution in [2.75, 3.05) is 0 Å². The van der Waals surface area contributed by atoms with Crippen molar-refractivity contribution in [3.05, 3.63) is 16.3 Å². The first-order valence-corrected chi connectivity index (χ1v) is 2.34. The standard InChI is InChI=1S/C2HN7O2/c3-6-9-11-2(10)1-4-7-8-5-1/h(H,4,5,7,8). The van der Waals surface area contributed by atoms with Gasteiger partial charge in [-0.3, -0.25) is 0 Å². The Morgan fingerprint density at radius 2 is 2.64 bits per heavy atom. The molecule has 0 spiro atoms. The average molecular weight is 155 g/mol. The van der Waals surface area contributed by atoms with Crippen LogP contribution >= 0.6 is 0 Å². The van der Waals surface area contributed by atoms with E-state index in [-0.39, 0.29) is 5.82 Å². The van der Waals surface area contributed by atoms with E-state index in [1.165, 1.54) is 0 Å². The summed E-state index contributed by atoms with van der Waals surface area (Å²) in [7, 11) is 0. The van der Waals surface area contributed by atoms with Gasteiger partial charge in [0.15, 0.2) is 0 Å². The van der Waals surface area contributed by atoms with Gasteiger partial charge in [0.25, 0.3) is 5.82 Å². The smallest absolute Gasteiger partial charge is 0.352 e. The van der Waals surface area contributed by atoms with Crippen molar-refractivity contribution in [1.29, 1.82) is 0 Å². The second-order valence-electron chi connectivity index (χ2n) is 1.29. The Hall–Kier alpha value is -2.15. The first-order valence-electron chi connectivity index (χ1n) is 2.34. The number of hydrogen-bond donors (Lipinski definition) is 1. The zero-order chi connectivity index (χ0) is 8.10. The van der Waals surface area contributed by atoms with E-state index in [0.29, 0.717) is 0 Å². The zero-order valence-corrected chi connectivity index (χ0v) is 5.00. The van der Waals surface area contributed by atoms with Crippen molar-refractivity contribution in [2.45, 2.75) is 0 Å². The summed E-state index contributed by atoms with van der Waals surface area (Å²) in [6.45, 7) is 0. The molecule has 0 fully saturated rings. The summed E-state index contributed by atoms with van der Waals surface area (Å²) < 4.78 is 0. The van der Waals surface area contributed by atoms with E-state index in [1.807, 2.05) is 5.21 Å². The number of nitrogens with zero attached hydrogens (tertiary/aromatic N) is 6. The molecule has 9 heteroatoms. The lowest BCUT2D eigenvalue weighted by atomic mass is 10.7. The third-order valence-corrected chi connectivity index (χ3v) is 0.688. The van der Waals surface area contributed by atoms with Gasteiger partial charge in [-0.25, -0.2) is 4.79 Å². The highest BCUT2D eigenvalue weighted by Gasteiger charge is 2.10. The molecule has 1 rings (SSSR count). The number of aromatic nitrogens is 4. The Kier molecular flexibility index (Phi) is 1.98. The molecule has 0 aliphatic rings. The molecule has 0 radical (unpaired) electrons. The predicted octanol–water partition coefficient (Wildman–Crippen LogP) is -0.418. The van der Waals surface area contributed by atoms with E-state index in [4.69, 9.17) is 5.53 Å². The van der Waals surface area contributed by atoms with Crippen LogP contribution in [0.2, 0.25) is 0 Å². The maximum atomic E-state index is 10.6. The number of rotatable bonds is 2. The van der Waals surface area contributed by atoms with Gasteiger partial charge in [-0.05, 0) is 10.7 Å². The fourth-order valence-corrected chi connectivity index (χ4v) is 0.344. The molecular weight excluding hydrogens is 154 g/mol. The van der Waals surface area contributed by atoms with Crippen LogP contribution in [0.3, 0.4) is 0 Å². The van der Waals surface area contributed by atoms with Gasteiger partial charge in [-0.2, -0.15) is 5.21 Å². The number of carbonyl (C=O) groups excluding carboxylic acids is 1. The lowest BCUT2D eigenvalue weighted by Crippen LogP contribution is -2.02. The van der Waals surface area contributed by atoms with Crippen molar-refractivity contribution in [2.24, 2.45) is 5.28 Å². The number of nitrogens with one attached hydrogen (secondary N) is 1. The van der Waals surface area contributed by atoms with Gasteiger partial charge >= 0.3 is 5.97 Å². The molecule has 0 unspecified atom stereocenters. The van der Waals surface area contributed by atoms with Crippen molar-refractivity contribution in [1.82, 2.24) is 20.6 Å². The second kappa shape index (κ2) is 3.13. The summed E-state index contributed by atoms with van der Waals surface area (Å²) in [6, 6.07) is 0. The van der Waals surface area contributed by atoms with E-state index in [1.54, 1.807) is 0 Å². The molecule has 0 aliphatic carbocycles. The van der Waals surface area contributed by atoms with Crippen LogP contribution in [0.15, 0.2) is 5.28 Å². The Labute approximate surface area is 58.9 Å². The molecule has 0 bridgehead atoms. The number of H-pyrrole nitrogens is 1. The number of hydrogen-bond acceptors (Lipinski definition) is 6. The van der Waals surface area contributed by atoms with E-state index in [0.717, 1.165) is 0 Å². The molecule has 0 atom stereocenters. The third-order valence-electron chi connectivity index (χ3n) is 0.688. The Balaban J connectivity index is 2.63. The summed E-state index contributed by atoms with van der Waals surface area (Å²) in [5, 5.41) is 14.2. The minimum absolute atomic E-state index is 0.294. The molecule has 56 valence electrons. The normalized spacial score (nSPS) is 8.36. The Morgan fingerprint density at radius 1 is 1.82 bits per heavy atom. The molecule has 1 aromatic heterocycles. The first kappa shape index (κ1) is 6.96. The summed E-state index contributed by atoms with van der Waals surface area (Å²) in [4.78, 5) is 16.7. The molecule has 1 aromatic rings. The largest absolute Gasteiger partial charge is 0.391 e. The quantitative estimate of drug-likeness (QED) is 0.268. The summed E-state index contributed by atoms with van der Waals surface area (Å²) >= 11 is 0. The summed E-state index contributed by atoms with van der Waals surface area (Å²) in [5.74, 6) is -1.26. The van der Waals surface area contributed by atoms with Crippen molar-refractivity contribution >= 4 is 5.97 Å². The van der Waals surface area contributed by atoms with Crippen LogP contribution in [0.4, 0.5) is 0 Å². The summed E-state index contributed by atoms with van der Waals surface area (Å²) in [6.07, 6.45) is 0. The highest BCUT2D eigenvalue weighted by molar-refractivity contribution is 5.84. The topological polar surface area (TPSA) is 130 Å². The van der Waals surface area contributed by atoms with Crippen LogP contribution in [0.25, 0.3) is 10.4 Å². The second-order valence-corrected chi connectivity index (χ2v) is 1.29. The molecule has 11 heavy (non-hydrogen) atoms. The van der Waals surface area contributed by atoms with Crippen molar-refractivity contribution in [3.63, 3.8) is 0 Å². The maximum absolute atomic E-state index is 10.6. The van der Waals surface area contributed by atoms with E-state index < -0.39 is 5.97 Å². The van der Waals surface area contributed by atoms with Crippen LogP contribution < -0.4 is 0 Å².